The Hall–Kier alpha value is -1.39. The molecular weight excluding hydrogens is 238 g/mol. The molecule has 1 amide bonds. The van der Waals surface area contributed by atoms with Crippen molar-refractivity contribution in [2.75, 3.05) is 26.2 Å². The Morgan fingerprint density at radius 3 is 2.58 bits per heavy atom. The molecule has 1 saturated heterocycles. The largest absolute Gasteiger partial charge is 0.336 e. The van der Waals surface area contributed by atoms with E-state index in [2.05, 4.69) is 36.1 Å². The Balaban J connectivity index is 1.99. The minimum Gasteiger partial charge on any atom is -0.336 e. The van der Waals surface area contributed by atoms with Crippen LogP contribution >= 0.6 is 0 Å². The Morgan fingerprint density at radius 2 is 1.95 bits per heavy atom. The van der Waals surface area contributed by atoms with E-state index in [1.54, 1.807) is 0 Å². The number of benzene rings is 1. The van der Waals surface area contributed by atoms with Crippen LogP contribution in [0.15, 0.2) is 24.3 Å². The van der Waals surface area contributed by atoms with Crippen LogP contribution in [0.25, 0.3) is 0 Å². The molecule has 0 bridgehead atoms. The van der Waals surface area contributed by atoms with Gasteiger partial charge in [-0.2, -0.15) is 0 Å². The summed E-state index contributed by atoms with van der Waals surface area (Å²) in [5.41, 5.74) is 8.01. The van der Waals surface area contributed by atoms with Crippen LogP contribution in [-0.4, -0.2) is 47.9 Å². The quantitative estimate of drug-likeness (QED) is 0.879. The third-order valence-corrected chi connectivity index (χ3v) is 3.78. The van der Waals surface area contributed by atoms with Crippen LogP contribution in [0.4, 0.5) is 0 Å². The Bertz CT molecular complexity index is 430. The number of carbonyl (C=O) groups is 1. The molecule has 1 heterocycles. The van der Waals surface area contributed by atoms with Crippen molar-refractivity contribution in [3.8, 4) is 0 Å². The average molecular weight is 261 g/mol. The molecule has 0 aliphatic carbocycles. The van der Waals surface area contributed by atoms with E-state index in [0.29, 0.717) is 13.1 Å². The van der Waals surface area contributed by atoms with Crippen molar-refractivity contribution in [3.63, 3.8) is 0 Å². The van der Waals surface area contributed by atoms with Gasteiger partial charge in [-0.05, 0) is 19.4 Å². The van der Waals surface area contributed by atoms with Gasteiger partial charge < -0.3 is 10.6 Å². The van der Waals surface area contributed by atoms with Crippen molar-refractivity contribution in [1.82, 2.24) is 9.80 Å². The Kier molecular flexibility index (Phi) is 4.56. The maximum atomic E-state index is 12.3. The predicted molar refractivity (Wildman–Crippen MR) is 76.7 cm³/mol. The van der Waals surface area contributed by atoms with Gasteiger partial charge in [0.05, 0.1) is 6.04 Å². The molecule has 1 atom stereocenters. The first-order valence-electron chi connectivity index (χ1n) is 6.90. The van der Waals surface area contributed by atoms with Crippen molar-refractivity contribution in [3.05, 3.63) is 35.4 Å². The number of amides is 1. The molecule has 104 valence electrons. The zero-order valence-corrected chi connectivity index (χ0v) is 11.8. The molecule has 1 fully saturated rings. The molecular formula is C15H23N3O. The number of carbonyl (C=O) groups excluding carboxylic acids is 1. The molecule has 4 heteroatoms. The van der Waals surface area contributed by atoms with Crippen molar-refractivity contribution in [2.24, 2.45) is 5.73 Å². The van der Waals surface area contributed by atoms with Crippen LogP contribution in [-0.2, 0) is 11.3 Å². The molecule has 1 unspecified atom stereocenters. The number of hydrogen-bond donors (Lipinski definition) is 1. The van der Waals surface area contributed by atoms with Gasteiger partial charge >= 0.3 is 0 Å². The minimum absolute atomic E-state index is 0.0530. The normalized spacial score (nSPS) is 20.9. The summed E-state index contributed by atoms with van der Waals surface area (Å²) in [5.74, 6) is 0.209. The molecule has 1 aromatic rings. The molecule has 2 N–H and O–H groups in total. The van der Waals surface area contributed by atoms with Crippen LogP contribution in [0.2, 0.25) is 0 Å². The van der Waals surface area contributed by atoms with Gasteiger partial charge in [-0.3, -0.25) is 9.69 Å². The van der Waals surface area contributed by atoms with Gasteiger partial charge in [0.15, 0.2) is 0 Å². The van der Waals surface area contributed by atoms with Gasteiger partial charge in [-0.1, -0.05) is 29.8 Å². The molecule has 19 heavy (non-hydrogen) atoms. The number of aryl methyl sites for hydroxylation is 1. The fraction of sp³-hybridized carbons (Fsp3) is 0.533. The highest BCUT2D eigenvalue weighted by molar-refractivity contribution is 5.82. The zero-order chi connectivity index (χ0) is 13.8. The third kappa shape index (κ3) is 3.33. The lowest BCUT2D eigenvalue weighted by molar-refractivity contribution is -0.141. The monoisotopic (exact) mass is 261 g/mol. The van der Waals surface area contributed by atoms with E-state index in [-0.39, 0.29) is 11.9 Å². The van der Waals surface area contributed by atoms with Gasteiger partial charge in [0.2, 0.25) is 5.91 Å². The topological polar surface area (TPSA) is 49.6 Å². The van der Waals surface area contributed by atoms with Crippen LogP contribution in [0.3, 0.4) is 0 Å². The highest BCUT2D eigenvalue weighted by Gasteiger charge is 2.30. The molecule has 0 radical (unpaired) electrons. The molecule has 0 saturated carbocycles. The van der Waals surface area contributed by atoms with E-state index in [4.69, 9.17) is 5.73 Å². The number of rotatable bonds is 4. The van der Waals surface area contributed by atoms with Crippen LogP contribution in [0.1, 0.15) is 18.1 Å². The summed E-state index contributed by atoms with van der Waals surface area (Å²) in [4.78, 5) is 16.4. The zero-order valence-electron chi connectivity index (χ0n) is 11.8. The fourth-order valence-electron chi connectivity index (χ4n) is 2.52. The smallest absolute Gasteiger partial charge is 0.239 e. The van der Waals surface area contributed by atoms with E-state index in [1.807, 2.05) is 11.8 Å². The lowest BCUT2D eigenvalue weighted by Crippen LogP contribution is -2.56. The maximum absolute atomic E-state index is 12.3. The SMILES string of the molecule is Cc1ccc(CN2CCN(CCN)C(C)C2=O)cc1. The van der Waals surface area contributed by atoms with Crippen molar-refractivity contribution in [1.29, 1.82) is 0 Å². The maximum Gasteiger partial charge on any atom is 0.239 e. The molecule has 0 aromatic heterocycles. The van der Waals surface area contributed by atoms with Crippen LogP contribution in [0.5, 0.6) is 0 Å². The fourth-order valence-corrected chi connectivity index (χ4v) is 2.52. The van der Waals surface area contributed by atoms with E-state index in [9.17, 15) is 4.79 Å². The van der Waals surface area contributed by atoms with E-state index >= 15 is 0 Å². The summed E-state index contributed by atoms with van der Waals surface area (Å²) in [5, 5.41) is 0. The molecule has 2 rings (SSSR count). The summed E-state index contributed by atoms with van der Waals surface area (Å²) >= 11 is 0. The first-order valence-corrected chi connectivity index (χ1v) is 6.90. The number of hydrogen-bond acceptors (Lipinski definition) is 3. The summed E-state index contributed by atoms with van der Waals surface area (Å²) in [6.07, 6.45) is 0. The minimum atomic E-state index is -0.0530. The van der Waals surface area contributed by atoms with Gasteiger partial charge in [-0.25, -0.2) is 0 Å². The second kappa shape index (κ2) is 6.17. The van der Waals surface area contributed by atoms with Gasteiger partial charge in [0, 0.05) is 32.7 Å². The molecule has 4 nitrogen and oxygen atoms in total. The van der Waals surface area contributed by atoms with E-state index < -0.39 is 0 Å². The van der Waals surface area contributed by atoms with E-state index in [1.165, 1.54) is 11.1 Å². The third-order valence-electron chi connectivity index (χ3n) is 3.78. The number of piperazine rings is 1. The molecule has 1 aliphatic heterocycles. The number of nitrogens with zero attached hydrogens (tertiary/aromatic N) is 2. The average Bonchev–Trinajstić information content (AvgIpc) is 2.41. The van der Waals surface area contributed by atoms with Gasteiger partial charge in [0.25, 0.3) is 0 Å². The van der Waals surface area contributed by atoms with Crippen molar-refractivity contribution >= 4 is 5.91 Å². The second-order valence-corrected chi connectivity index (χ2v) is 5.25. The number of nitrogens with two attached hydrogens (primary N) is 1. The summed E-state index contributed by atoms with van der Waals surface area (Å²) in [6.45, 7) is 7.86. The van der Waals surface area contributed by atoms with E-state index in [0.717, 1.165) is 19.6 Å². The van der Waals surface area contributed by atoms with Crippen LogP contribution in [0, 0.1) is 6.92 Å². The molecule has 1 aliphatic rings. The van der Waals surface area contributed by atoms with Gasteiger partial charge in [0.1, 0.15) is 0 Å². The predicted octanol–water partition coefficient (Wildman–Crippen LogP) is 0.986. The van der Waals surface area contributed by atoms with Crippen molar-refractivity contribution in [2.45, 2.75) is 26.4 Å². The summed E-state index contributed by atoms with van der Waals surface area (Å²) < 4.78 is 0. The second-order valence-electron chi connectivity index (χ2n) is 5.25. The van der Waals surface area contributed by atoms with Crippen LogP contribution < -0.4 is 5.73 Å². The summed E-state index contributed by atoms with van der Waals surface area (Å²) in [6, 6.07) is 8.32. The first-order chi connectivity index (χ1) is 9.11. The lowest BCUT2D eigenvalue weighted by atomic mass is 10.1. The first kappa shape index (κ1) is 14.0. The standard InChI is InChI=1S/C15H23N3O/c1-12-3-5-14(6-4-12)11-18-10-9-17(8-7-16)13(2)15(18)19/h3-6,13H,7-11,16H2,1-2H3. The Labute approximate surface area is 115 Å². The lowest BCUT2D eigenvalue weighted by Gasteiger charge is -2.39. The molecule has 1 aromatic carbocycles. The summed E-state index contributed by atoms with van der Waals surface area (Å²) in [7, 11) is 0. The Morgan fingerprint density at radius 1 is 1.26 bits per heavy atom. The highest BCUT2D eigenvalue weighted by Crippen LogP contribution is 2.14. The highest BCUT2D eigenvalue weighted by atomic mass is 16.2. The van der Waals surface area contributed by atoms with Crippen molar-refractivity contribution < 1.29 is 4.79 Å². The van der Waals surface area contributed by atoms with Gasteiger partial charge in [-0.15, -0.1) is 0 Å². The molecule has 0 spiro atoms.